The largest absolute Gasteiger partial charge is 0.379 e. The van der Waals surface area contributed by atoms with Crippen molar-refractivity contribution in [2.45, 2.75) is 39.3 Å². The smallest absolute Gasteiger partial charge is 0.132 e. The fraction of sp³-hybridized carbons (Fsp3) is 0.688. The summed E-state index contributed by atoms with van der Waals surface area (Å²) >= 11 is 6.25. The van der Waals surface area contributed by atoms with E-state index in [-0.39, 0.29) is 0 Å². The molecule has 0 amide bonds. The highest BCUT2D eigenvalue weighted by Gasteiger charge is 2.32. The topological polar surface area (TPSA) is 28.6 Å². The molecule has 0 N–H and O–H groups in total. The molecule has 3 heterocycles. The van der Waals surface area contributed by atoms with Crippen LogP contribution in [0.4, 0.5) is 5.82 Å². The quantitative estimate of drug-likeness (QED) is 0.797. The van der Waals surface area contributed by atoms with Crippen molar-refractivity contribution in [3.63, 3.8) is 0 Å². The van der Waals surface area contributed by atoms with E-state index in [0.29, 0.717) is 12.1 Å². The molecule has 1 fully saturated rings. The second kappa shape index (κ2) is 6.11. The lowest BCUT2D eigenvalue weighted by Gasteiger charge is -2.45. The molecular formula is C16H24ClN3O. The summed E-state index contributed by atoms with van der Waals surface area (Å²) in [6.45, 7) is 11.3. The average molecular weight is 310 g/mol. The zero-order valence-corrected chi connectivity index (χ0v) is 13.9. The van der Waals surface area contributed by atoms with E-state index in [1.807, 2.05) is 0 Å². The Kier molecular flexibility index (Phi) is 4.38. The first-order valence-corrected chi connectivity index (χ1v) is 8.18. The minimum absolute atomic E-state index is 0.383. The Hall–Kier alpha value is -0.840. The minimum Gasteiger partial charge on any atom is -0.379 e. The maximum atomic E-state index is 6.25. The lowest BCUT2D eigenvalue weighted by molar-refractivity contribution is 0.0831. The monoisotopic (exact) mass is 309 g/mol. The van der Waals surface area contributed by atoms with E-state index in [9.17, 15) is 0 Å². The Morgan fingerprint density at radius 3 is 2.95 bits per heavy atom. The molecule has 0 bridgehead atoms. The normalized spacial score (nSPS) is 23.5. The van der Waals surface area contributed by atoms with Crippen molar-refractivity contribution >= 4 is 17.4 Å². The predicted molar refractivity (Wildman–Crippen MR) is 86.4 cm³/mol. The molecule has 0 radical (unpaired) electrons. The van der Waals surface area contributed by atoms with Gasteiger partial charge in [0, 0.05) is 37.4 Å². The molecule has 21 heavy (non-hydrogen) atoms. The zero-order chi connectivity index (χ0) is 15.0. The Bertz CT molecular complexity index is 520. The summed E-state index contributed by atoms with van der Waals surface area (Å²) in [4.78, 5) is 9.61. The van der Waals surface area contributed by atoms with Gasteiger partial charge in [0.1, 0.15) is 5.82 Å². The fourth-order valence-corrected chi connectivity index (χ4v) is 3.48. The first kappa shape index (κ1) is 15.1. The maximum Gasteiger partial charge on any atom is 0.132 e. The van der Waals surface area contributed by atoms with Gasteiger partial charge >= 0.3 is 0 Å². The molecule has 4 nitrogen and oxygen atoms in total. The van der Waals surface area contributed by atoms with Crippen molar-refractivity contribution in [1.82, 2.24) is 9.88 Å². The summed E-state index contributed by atoms with van der Waals surface area (Å²) in [5, 5.41) is 0.756. The molecule has 2 aliphatic rings. The van der Waals surface area contributed by atoms with Gasteiger partial charge in [0.2, 0.25) is 0 Å². The van der Waals surface area contributed by atoms with Gasteiger partial charge in [0.25, 0.3) is 0 Å². The summed E-state index contributed by atoms with van der Waals surface area (Å²) < 4.78 is 5.88. The van der Waals surface area contributed by atoms with Gasteiger partial charge in [-0.25, -0.2) is 4.98 Å². The number of anilines is 1. The van der Waals surface area contributed by atoms with Gasteiger partial charge in [-0.1, -0.05) is 11.6 Å². The van der Waals surface area contributed by atoms with Crippen LogP contribution >= 0.6 is 11.6 Å². The molecule has 0 aliphatic carbocycles. The molecule has 5 heteroatoms. The number of fused-ring (bicyclic) bond motifs is 3. The van der Waals surface area contributed by atoms with Crippen molar-refractivity contribution in [3.05, 3.63) is 22.3 Å². The second-order valence-electron chi connectivity index (χ2n) is 6.29. The summed E-state index contributed by atoms with van der Waals surface area (Å²) in [7, 11) is 0. The van der Waals surface area contributed by atoms with Gasteiger partial charge in [0.05, 0.1) is 24.3 Å². The molecule has 0 unspecified atom stereocenters. The molecule has 2 aliphatic heterocycles. The lowest BCUT2D eigenvalue weighted by Crippen LogP contribution is -2.57. The molecule has 116 valence electrons. The molecular weight excluding hydrogens is 286 g/mol. The minimum atomic E-state index is 0.383. The van der Waals surface area contributed by atoms with Crippen LogP contribution in [0.2, 0.25) is 5.02 Å². The highest BCUT2D eigenvalue weighted by Crippen LogP contribution is 2.31. The molecule has 1 atom stereocenters. The predicted octanol–water partition coefficient (Wildman–Crippen LogP) is 2.52. The highest BCUT2D eigenvalue weighted by molar-refractivity contribution is 6.31. The number of hydrogen-bond donors (Lipinski definition) is 0. The van der Waals surface area contributed by atoms with Crippen molar-refractivity contribution in [2.75, 3.05) is 37.7 Å². The number of rotatable bonds is 1. The van der Waals surface area contributed by atoms with Crippen LogP contribution in [0.25, 0.3) is 0 Å². The molecule has 0 spiro atoms. The van der Waals surface area contributed by atoms with Gasteiger partial charge in [-0.3, -0.25) is 4.90 Å². The van der Waals surface area contributed by atoms with Crippen LogP contribution in [0.1, 0.15) is 25.0 Å². The first-order valence-electron chi connectivity index (χ1n) is 7.80. The van der Waals surface area contributed by atoms with E-state index in [1.165, 1.54) is 5.56 Å². The fourth-order valence-electron chi connectivity index (χ4n) is 3.31. The third-order valence-electron chi connectivity index (χ3n) is 4.70. The molecule has 3 rings (SSSR count). The van der Waals surface area contributed by atoms with Crippen molar-refractivity contribution < 1.29 is 4.74 Å². The Morgan fingerprint density at radius 1 is 1.38 bits per heavy atom. The number of pyridine rings is 1. The molecule has 0 aromatic carbocycles. The zero-order valence-electron chi connectivity index (χ0n) is 13.1. The van der Waals surface area contributed by atoms with E-state index in [1.54, 1.807) is 6.20 Å². The van der Waals surface area contributed by atoms with Gasteiger partial charge < -0.3 is 9.64 Å². The van der Waals surface area contributed by atoms with Crippen molar-refractivity contribution in [2.24, 2.45) is 0 Å². The number of nitrogens with zero attached hydrogens (tertiary/aromatic N) is 3. The summed E-state index contributed by atoms with van der Waals surface area (Å²) in [6, 6.07) is 0.963. The molecule has 0 saturated carbocycles. The number of halogens is 1. The summed E-state index contributed by atoms with van der Waals surface area (Å²) in [5.41, 5.74) is 2.41. The van der Waals surface area contributed by atoms with Gasteiger partial charge in [-0.2, -0.15) is 0 Å². The van der Waals surface area contributed by atoms with E-state index in [2.05, 4.69) is 35.6 Å². The summed E-state index contributed by atoms with van der Waals surface area (Å²) in [5.74, 6) is 1.12. The van der Waals surface area contributed by atoms with Crippen LogP contribution in [0.5, 0.6) is 0 Å². The van der Waals surface area contributed by atoms with Gasteiger partial charge in [0.15, 0.2) is 0 Å². The van der Waals surface area contributed by atoms with E-state index >= 15 is 0 Å². The van der Waals surface area contributed by atoms with Crippen LogP contribution in [0.3, 0.4) is 0 Å². The third-order valence-corrected chi connectivity index (χ3v) is 5.09. The Morgan fingerprint density at radius 2 is 2.19 bits per heavy atom. The van der Waals surface area contributed by atoms with Gasteiger partial charge in [-0.05, 0) is 32.8 Å². The Balaban J connectivity index is 1.94. The van der Waals surface area contributed by atoms with Crippen molar-refractivity contribution in [3.8, 4) is 0 Å². The van der Waals surface area contributed by atoms with Crippen LogP contribution < -0.4 is 4.90 Å². The van der Waals surface area contributed by atoms with Crippen LogP contribution in [-0.2, 0) is 11.2 Å². The van der Waals surface area contributed by atoms with Gasteiger partial charge in [-0.15, -0.1) is 0 Å². The van der Waals surface area contributed by atoms with Crippen LogP contribution in [0, 0.1) is 6.92 Å². The van der Waals surface area contributed by atoms with Crippen LogP contribution in [-0.4, -0.2) is 54.8 Å². The maximum absolute atomic E-state index is 6.25. The number of piperazine rings is 1. The molecule has 1 aromatic heterocycles. The Labute approximate surface area is 132 Å². The average Bonchev–Trinajstić information content (AvgIpc) is 2.45. The SMILES string of the molecule is Cc1c(Cl)cnc2c1CCOC[C@@H]1CN(C(C)C)CCN21. The second-order valence-corrected chi connectivity index (χ2v) is 6.70. The molecule has 1 aromatic rings. The van der Waals surface area contributed by atoms with E-state index in [0.717, 1.165) is 55.7 Å². The standard InChI is InChI=1S/C16H24ClN3O/c1-11(2)19-5-6-20-13(9-19)10-21-7-4-14-12(3)15(17)8-18-16(14)20/h8,11,13H,4-7,9-10H2,1-3H3/t13-/m0/s1. The lowest BCUT2D eigenvalue weighted by atomic mass is 10.0. The van der Waals surface area contributed by atoms with E-state index < -0.39 is 0 Å². The number of hydrogen-bond acceptors (Lipinski definition) is 4. The summed E-state index contributed by atoms with van der Waals surface area (Å²) in [6.07, 6.45) is 2.69. The molecule has 1 saturated heterocycles. The van der Waals surface area contributed by atoms with Crippen LogP contribution in [0.15, 0.2) is 6.20 Å². The first-order chi connectivity index (χ1) is 10.1. The number of ether oxygens (including phenoxy) is 1. The van der Waals surface area contributed by atoms with Crippen molar-refractivity contribution in [1.29, 1.82) is 0 Å². The number of aromatic nitrogens is 1. The third kappa shape index (κ3) is 2.89. The van der Waals surface area contributed by atoms with E-state index in [4.69, 9.17) is 16.3 Å². The highest BCUT2D eigenvalue weighted by atomic mass is 35.5.